The van der Waals surface area contributed by atoms with Gasteiger partial charge in [0.05, 0.1) is 6.61 Å². The molecular formula is C30H48O. The van der Waals surface area contributed by atoms with Gasteiger partial charge in [-0.25, -0.2) is 0 Å². The Balaban J connectivity index is 1.29. The summed E-state index contributed by atoms with van der Waals surface area (Å²) in [5.74, 6) is 4.07. The number of rotatable bonds is 13. The topological polar surface area (TPSA) is 9.23 Å². The Bertz CT molecular complexity index is 620. The van der Waals surface area contributed by atoms with Gasteiger partial charge in [0.25, 0.3) is 0 Å². The van der Waals surface area contributed by atoms with E-state index in [1.807, 2.05) is 0 Å². The fraction of sp³-hybridized carbons (Fsp3) is 0.733. The SMILES string of the molecule is CCCCCCOc1ccc(CCC2=CCC(CCC3CCC(CC)CC3)CC2)cc1. The number of unbranched alkanes of at least 4 members (excludes halogenated alkanes) is 3. The van der Waals surface area contributed by atoms with Gasteiger partial charge in [-0.05, 0) is 80.4 Å². The van der Waals surface area contributed by atoms with Crippen molar-refractivity contribution in [2.75, 3.05) is 6.61 Å². The molecule has 31 heavy (non-hydrogen) atoms. The van der Waals surface area contributed by atoms with Gasteiger partial charge in [-0.3, -0.25) is 0 Å². The lowest BCUT2D eigenvalue weighted by molar-refractivity contribution is 0.241. The van der Waals surface area contributed by atoms with Crippen LogP contribution in [0.25, 0.3) is 0 Å². The Morgan fingerprint density at radius 2 is 1.52 bits per heavy atom. The maximum atomic E-state index is 5.88. The van der Waals surface area contributed by atoms with E-state index in [1.165, 1.54) is 108 Å². The van der Waals surface area contributed by atoms with Crippen molar-refractivity contribution >= 4 is 0 Å². The van der Waals surface area contributed by atoms with Crippen LogP contribution in [0.15, 0.2) is 35.9 Å². The molecule has 1 nitrogen and oxygen atoms in total. The van der Waals surface area contributed by atoms with Crippen molar-refractivity contribution in [3.63, 3.8) is 0 Å². The van der Waals surface area contributed by atoms with Gasteiger partial charge in [0.15, 0.2) is 0 Å². The van der Waals surface area contributed by atoms with Crippen molar-refractivity contribution < 1.29 is 4.74 Å². The second-order valence-electron chi connectivity index (χ2n) is 10.4. The van der Waals surface area contributed by atoms with E-state index in [0.29, 0.717) is 0 Å². The average molecular weight is 425 g/mol. The first-order valence-electron chi connectivity index (χ1n) is 13.7. The first kappa shape index (κ1) is 24.4. The molecule has 1 aromatic rings. The van der Waals surface area contributed by atoms with E-state index >= 15 is 0 Å². The van der Waals surface area contributed by atoms with E-state index in [9.17, 15) is 0 Å². The third-order valence-electron chi connectivity index (χ3n) is 8.07. The van der Waals surface area contributed by atoms with Crippen LogP contribution < -0.4 is 4.74 Å². The van der Waals surface area contributed by atoms with Crippen LogP contribution in [0, 0.1) is 17.8 Å². The molecule has 1 atom stereocenters. The summed E-state index contributed by atoms with van der Waals surface area (Å²) in [6.07, 6.45) is 24.6. The third kappa shape index (κ3) is 9.03. The second kappa shape index (κ2) is 14.0. The van der Waals surface area contributed by atoms with E-state index in [-0.39, 0.29) is 0 Å². The molecule has 2 aliphatic rings. The molecule has 1 fully saturated rings. The summed E-state index contributed by atoms with van der Waals surface area (Å²) in [7, 11) is 0. The molecule has 0 amide bonds. The normalized spacial score (nSPS) is 24.1. The lowest BCUT2D eigenvalue weighted by Gasteiger charge is -2.29. The van der Waals surface area contributed by atoms with Crippen molar-refractivity contribution in [2.45, 2.75) is 117 Å². The third-order valence-corrected chi connectivity index (χ3v) is 8.07. The minimum absolute atomic E-state index is 0.855. The summed E-state index contributed by atoms with van der Waals surface area (Å²) in [5.41, 5.74) is 3.15. The highest BCUT2D eigenvalue weighted by molar-refractivity contribution is 5.28. The van der Waals surface area contributed by atoms with Crippen LogP contribution in [-0.2, 0) is 6.42 Å². The summed E-state index contributed by atoms with van der Waals surface area (Å²) in [6, 6.07) is 8.85. The van der Waals surface area contributed by atoms with Crippen molar-refractivity contribution in [1.29, 1.82) is 0 Å². The van der Waals surface area contributed by atoms with Gasteiger partial charge in [-0.1, -0.05) is 95.4 Å². The quantitative estimate of drug-likeness (QED) is 0.226. The van der Waals surface area contributed by atoms with E-state index in [4.69, 9.17) is 4.74 Å². The molecule has 0 saturated heterocycles. The van der Waals surface area contributed by atoms with E-state index in [1.54, 1.807) is 5.57 Å². The van der Waals surface area contributed by atoms with Gasteiger partial charge < -0.3 is 4.74 Å². The zero-order valence-electron chi connectivity index (χ0n) is 20.5. The first-order valence-corrected chi connectivity index (χ1v) is 13.7. The molecule has 0 aliphatic heterocycles. The molecule has 1 unspecified atom stereocenters. The van der Waals surface area contributed by atoms with Gasteiger partial charge in [-0.15, -0.1) is 0 Å². The minimum Gasteiger partial charge on any atom is -0.494 e. The van der Waals surface area contributed by atoms with Crippen LogP contribution in [0.3, 0.4) is 0 Å². The summed E-state index contributed by atoms with van der Waals surface area (Å²) in [6.45, 7) is 5.48. The van der Waals surface area contributed by atoms with E-state index < -0.39 is 0 Å². The van der Waals surface area contributed by atoms with Crippen molar-refractivity contribution in [2.24, 2.45) is 17.8 Å². The maximum Gasteiger partial charge on any atom is 0.119 e. The molecule has 1 heteroatoms. The molecule has 174 valence electrons. The number of hydrogen-bond acceptors (Lipinski definition) is 1. The van der Waals surface area contributed by atoms with Gasteiger partial charge in [0.2, 0.25) is 0 Å². The predicted octanol–water partition coefficient (Wildman–Crippen LogP) is 9.30. The lowest BCUT2D eigenvalue weighted by atomic mass is 9.76. The van der Waals surface area contributed by atoms with E-state index in [2.05, 4.69) is 44.2 Å². The predicted molar refractivity (Wildman–Crippen MR) is 135 cm³/mol. The molecule has 0 spiro atoms. The van der Waals surface area contributed by atoms with Gasteiger partial charge in [0.1, 0.15) is 5.75 Å². The second-order valence-corrected chi connectivity index (χ2v) is 10.4. The molecule has 1 saturated carbocycles. The maximum absolute atomic E-state index is 5.88. The highest BCUT2D eigenvalue weighted by Crippen LogP contribution is 2.36. The minimum atomic E-state index is 0.855. The molecule has 0 N–H and O–H groups in total. The number of ether oxygens (including phenoxy) is 1. The molecular weight excluding hydrogens is 376 g/mol. The Labute approximate surface area is 193 Å². The average Bonchev–Trinajstić information content (AvgIpc) is 2.83. The summed E-state index contributed by atoms with van der Waals surface area (Å²) >= 11 is 0. The lowest BCUT2D eigenvalue weighted by Crippen LogP contribution is -2.15. The molecule has 2 aliphatic carbocycles. The van der Waals surface area contributed by atoms with Crippen molar-refractivity contribution in [3.05, 3.63) is 41.5 Å². The van der Waals surface area contributed by atoms with Crippen LogP contribution in [0.1, 0.15) is 116 Å². The molecule has 1 aromatic carbocycles. The van der Waals surface area contributed by atoms with Crippen LogP contribution in [-0.4, -0.2) is 6.61 Å². The van der Waals surface area contributed by atoms with Gasteiger partial charge in [-0.2, -0.15) is 0 Å². The van der Waals surface area contributed by atoms with Crippen molar-refractivity contribution in [3.8, 4) is 5.75 Å². The van der Waals surface area contributed by atoms with Crippen LogP contribution in [0.4, 0.5) is 0 Å². The highest BCUT2D eigenvalue weighted by atomic mass is 16.5. The standard InChI is InChI=1S/C30H48O/c1-3-5-6-7-24-31-30-22-20-29(21-23-30)19-18-28-16-14-27(15-17-28)13-12-26-10-8-25(4-2)9-11-26/h16,20-23,25-27H,3-15,17-19,24H2,1-2H3. The Kier molecular flexibility index (Phi) is 11.0. The van der Waals surface area contributed by atoms with Crippen molar-refractivity contribution in [1.82, 2.24) is 0 Å². The number of hydrogen-bond donors (Lipinski definition) is 0. The monoisotopic (exact) mass is 424 g/mol. The molecule has 3 rings (SSSR count). The Morgan fingerprint density at radius 1 is 0.774 bits per heavy atom. The summed E-state index contributed by atoms with van der Waals surface area (Å²) < 4.78 is 5.88. The Hall–Kier alpha value is -1.24. The smallest absolute Gasteiger partial charge is 0.119 e. The summed E-state index contributed by atoms with van der Waals surface area (Å²) in [5, 5.41) is 0. The van der Waals surface area contributed by atoms with Crippen LogP contribution in [0.5, 0.6) is 5.75 Å². The van der Waals surface area contributed by atoms with Crippen LogP contribution in [0.2, 0.25) is 0 Å². The molecule has 0 heterocycles. The largest absolute Gasteiger partial charge is 0.494 e. The molecule has 0 aromatic heterocycles. The number of aryl methyl sites for hydroxylation is 1. The van der Waals surface area contributed by atoms with E-state index in [0.717, 1.165) is 30.1 Å². The fourth-order valence-corrected chi connectivity index (χ4v) is 5.61. The first-order chi connectivity index (χ1) is 15.3. The zero-order valence-corrected chi connectivity index (χ0v) is 20.5. The Morgan fingerprint density at radius 3 is 2.19 bits per heavy atom. The van der Waals surface area contributed by atoms with Gasteiger partial charge in [0, 0.05) is 0 Å². The zero-order chi connectivity index (χ0) is 21.7. The number of allylic oxidation sites excluding steroid dienone is 2. The summed E-state index contributed by atoms with van der Waals surface area (Å²) in [4.78, 5) is 0. The van der Waals surface area contributed by atoms with Crippen LogP contribution >= 0.6 is 0 Å². The molecule has 0 bridgehead atoms. The molecule has 0 radical (unpaired) electrons. The number of benzene rings is 1. The van der Waals surface area contributed by atoms with Gasteiger partial charge >= 0.3 is 0 Å². The highest BCUT2D eigenvalue weighted by Gasteiger charge is 2.22. The fourth-order valence-electron chi connectivity index (χ4n) is 5.61.